The second-order valence-electron chi connectivity index (χ2n) is 5.36. The normalized spacial score (nSPS) is 19.0. The van der Waals surface area contributed by atoms with Crippen molar-refractivity contribution in [3.8, 4) is 11.3 Å². The zero-order chi connectivity index (χ0) is 16.7. The second-order valence-corrected chi connectivity index (χ2v) is 5.89. The van der Waals surface area contributed by atoms with Gasteiger partial charge in [0.25, 0.3) is 5.18 Å². The lowest BCUT2D eigenvalue weighted by Crippen LogP contribution is -2.18. The third-order valence-corrected chi connectivity index (χ3v) is 4.17. The summed E-state index contributed by atoms with van der Waals surface area (Å²) in [6.07, 6.45) is 2.79. The lowest BCUT2D eigenvalue weighted by molar-refractivity contribution is 0.140. The van der Waals surface area contributed by atoms with E-state index in [1.54, 1.807) is 24.3 Å². The standard InChI is InChI=1S/C18H11ClFN3O/c19-18(24)14-9-21-10-22-17(14)12-6-2-1-5-11(12)16(23-18)13-7-3-4-8-15(13)20/h1-10,24H. The number of benzene rings is 2. The zero-order valence-electron chi connectivity index (χ0n) is 12.3. The van der Waals surface area contributed by atoms with E-state index in [2.05, 4.69) is 15.0 Å². The van der Waals surface area contributed by atoms with Gasteiger partial charge in [0, 0.05) is 22.9 Å². The predicted molar refractivity (Wildman–Crippen MR) is 89.3 cm³/mol. The number of nitrogens with zero attached hydrogens (tertiary/aromatic N) is 3. The molecule has 1 N–H and O–H groups in total. The summed E-state index contributed by atoms with van der Waals surface area (Å²) in [5.74, 6) is -0.449. The summed E-state index contributed by atoms with van der Waals surface area (Å²) in [4.78, 5) is 12.4. The molecule has 0 spiro atoms. The molecule has 1 unspecified atom stereocenters. The fourth-order valence-electron chi connectivity index (χ4n) is 2.80. The molecule has 118 valence electrons. The van der Waals surface area contributed by atoms with Crippen LogP contribution in [0.2, 0.25) is 0 Å². The summed E-state index contributed by atoms with van der Waals surface area (Å²) < 4.78 is 14.3. The average Bonchev–Trinajstić information content (AvgIpc) is 2.69. The molecule has 2 heterocycles. The molecular formula is C18H11ClFN3O. The molecule has 24 heavy (non-hydrogen) atoms. The number of aliphatic hydroxyl groups is 1. The van der Waals surface area contributed by atoms with E-state index < -0.39 is 11.0 Å². The minimum absolute atomic E-state index is 0.254. The molecule has 4 nitrogen and oxygen atoms in total. The van der Waals surface area contributed by atoms with Crippen molar-refractivity contribution in [1.29, 1.82) is 0 Å². The van der Waals surface area contributed by atoms with Crippen molar-refractivity contribution < 1.29 is 9.50 Å². The Morgan fingerprint density at radius 2 is 1.62 bits per heavy atom. The first-order valence-electron chi connectivity index (χ1n) is 7.24. The lowest BCUT2D eigenvalue weighted by atomic mass is 9.95. The minimum Gasteiger partial charge on any atom is -0.353 e. The summed E-state index contributed by atoms with van der Waals surface area (Å²) in [5.41, 5.74) is 2.58. The molecule has 0 bridgehead atoms. The molecule has 0 saturated carbocycles. The molecule has 0 fully saturated rings. The summed E-state index contributed by atoms with van der Waals surface area (Å²) in [7, 11) is 0. The molecule has 1 aliphatic heterocycles. The highest BCUT2D eigenvalue weighted by molar-refractivity contribution is 6.26. The van der Waals surface area contributed by atoms with E-state index in [0.717, 1.165) is 0 Å². The Morgan fingerprint density at radius 3 is 2.38 bits per heavy atom. The zero-order valence-corrected chi connectivity index (χ0v) is 13.1. The van der Waals surface area contributed by atoms with Crippen molar-refractivity contribution in [2.24, 2.45) is 4.99 Å². The van der Waals surface area contributed by atoms with Crippen LogP contribution in [0.5, 0.6) is 0 Å². The van der Waals surface area contributed by atoms with Gasteiger partial charge in [-0.05, 0) is 12.1 Å². The van der Waals surface area contributed by atoms with E-state index >= 15 is 0 Å². The molecule has 1 aliphatic rings. The van der Waals surface area contributed by atoms with E-state index in [1.165, 1.54) is 18.6 Å². The molecule has 6 heteroatoms. The smallest absolute Gasteiger partial charge is 0.265 e. The summed E-state index contributed by atoms with van der Waals surface area (Å²) in [6, 6.07) is 13.5. The third-order valence-electron chi connectivity index (χ3n) is 3.88. The molecule has 0 aliphatic carbocycles. The van der Waals surface area contributed by atoms with E-state index in [0.29, 0.717) is 16.8 Å². The maximum atomic E-state index is 14.3. The lowest BCUT2D eigenvalue weighted by Gasteiger charge is -2.17. The fourth-order valence-corrected chi connectivity index (χ4v) is 3.02. The van der Waals surface area contributed by atoms with Crippen LogP contribution in [0.15, 0.2) is 66.0 Å². The number of halogens is 2. The van der Waals surface area contributed by atoms with Crippen molar-refractivity contribution in [2.45, 2.75) is 5.18 Å². The van der Waals surface area contributed by atoms with E-state index in [-0.39, 0.29) is 16.8 Å². The maximum Gasteiger partial charge on any atom is 0.265 e. The van der Waals surface area contributed by atoms with Gasteiger partial charge < -0.3 is 5.11 Å². The van der Waals surface area contributed by atoms with Gasteiger partial charge in [-0.25, -0.2) is 19.4 Å². The van der Waals surface area contributed by atoms with Gasteiger partial charge in [-0.1, -0.05) is 48.0 Å². The first-order chi connectivity index (χ1) is 11.6. The fraction of sp³-hybridized carbons (Fsp3) is 0.0556. The Bertz CT molecular complexity index is 972. The molecule has 1 aromatic heterocycles. The van der Waals surface area contributed by atoms with Crippen LogP contribution in [-0.4, -0.2) is 20.8 Å². The van der Waals surface area contributed by atoms with Gasteiger partial charge in [-0.2, -0.15) is 0 Å². The maximum absolute atomic E-state index is 14.3. The van der Waals surface area contributed by atoms with Crippen LogP contribution in [0.4, 0.5) is 4.39 Å². The quantitative estimate of drug-likeness (QED) is 0.545. The van der Waals surface area contributed by atoms with Gasteiger partial charge in [0.2, 0.25) is 0 Å². The van der Waals surface area contributed by atoms with Crippen molar-refractivity contribution >= 4 is 17.3 Å². The first kappa shape index (κ1) is 14.9. The number of rotatable bonds is 1. The van der Waals surface area contributed by atoms with Crippen LogP contribution in [0.25, 0.3) is 11.3 Å². The highest BCUT2D eigenvalue weighted by atomic mass is 35.5. The van der Waals surface area contributed by atoms with Crippen LogP contribution < -0.4 is 0 Å². The van der Waals surface area contributed by atoms with Crippen LogP contribution in [-0.2, 0) is 5.18 Å². The van der Waals surface area contributed by atoms with Crippen LogP contribution in [0.1, 0.15) is 16.7 Å². The van der Waals surface area contributed by atoms with E-state index in [9.17, 15) is 9.50 Å². The van der Waals surface area contributed by atoms with Gasteiger partial charge in [0.1, 0.15) is 12.1 Å². The number of aromatic nitrogens is 2. The Morgan fingerprint density at radius 1 is 0.958 bits per heavy atom. The number of alkyl halides is 1. The van der Waals surface area contributed by atoms with Crippen LogP contribution >= 0.6 is 11.6 Å². The van der Waals surface area contributed by atoms with E-state index in [1.807, 2.05) is 18.2 Å². The van der Waals surface area contributed by atoms with Crippen LogP contribution in [0, 0.1) is 5.82 Å². The molecule has 4 rings (SSSR count). The molecule has 0 radical (unpaired) electrons. The summed E-state index contributed by atoms with van der Waals surface area (Å²) >= 11 is 6.26. The second kappa shape index (κ2) is 5.47. The summed E-state index contributed by atoms with van der Waals surface area (Å²) in [5, 5.41) is 8.59. The Balaban J connectivity index is 2.10. The van der Waals surface area contributed by atoms with Gasteiger partial charge in [0.15, 0.2) is 0 Å². The largest absolute Gasteiger partial charge is 0.353 e. The average molecular weight is 340 g/mol. The van der Waals surface area contributed by atoms with Crippen molar-refractivity contribution in [3.05, 3.63) is 83.6 Å². The number of hydrogen-bond acceptors (Lipinski definition) is 4. The predicted octanol–water partition coefficient (Wildman–Crippen LogP) is 3.48. The van der Waals surface area contributed by atoms with Crippen LogP contribution in [0.3, 0.4) is 0 Å². The molecule has 0 amide bonds. The third kappa shape index (κ3) is 2.29. The summed E-state index contributed by atoms with van der Waals surface area (Å²) in [6.45, 7) is 0. The molecule has 1 atom stereocenters. The highest BCUT2D eigenvalue weighted by Gasteiger charge is 2.35. The minimum atomic E-state index is -2.09. The number of aliphatic imine (C=N–C) groups is 1. The van der Waals surface area contributed by atoms with Gasteiger partial charge in [-0.3, -0.25) is 0 Å². The number of fused-ring (bicyclic) bond motifs is 3. The van der Waals surface area contributed by atoms with Crippen molar-refractivity contribution in [3.63, 3.8) is 0 Å². The Hall–Kier alpha value is -2.63. The molecular weight excluding hydrogens is 329 g/mol. The van der Waals surface area contributed by atoms with Gasteiger partial charge in [0.05, 0.1) is 17.0 Å². The van der Waals surface area contributed by atoms with Crippen molar-refractivity contribution in [1.82, 2.24) is 9.97 Å². The van der Waals surface area contributed by atoms with E-state index in [4.69, 9.17) is 11.6 Å². The Labute approximate surface area is 142 Å². The first-order valence-corrected chi connectivity index (χ1v) is 7.62. The van der Waals surface area contributed by atoms with Gasteiger partial charge in [-0.15, -0.1) is 0 Å². The molecule has 0 saturated heterocycles. The monoisotopic (exact) mass is 339 g/mol. The van der Waals surface area contributed by atoms with Crippen molar-refractivity contribution in [2.75, 3.05) is 0 Å². The topological polar surface area (TPSA) is 58.4 Å². The SMILES string of the molecule is OC1(Cl)N=C(c2ccccc2F)c2ccccc2-c2ncncc21. The number of hydrogen-bond donors (Lipinski definition) is 1. The molecule has 3 aromatic rings. The Kier molecular flexibility index (Phi) is 3.40. The molecule has 2 aromatic carbocycles. The highest BCUT2D eigenvalue weighted by Crippen LogP contribution is 2.40. The van der Waals surface area contributed by atoms with Gasteiger partial charge >= 0.3 is 0 Å².